The number of hydrogen-bond acceptors (Lipinski definition) is 2. The van der Waals surface area contributed by atoms with E-state index >= 15 is 0 Å². The van der Waals surface area contributed by atoms with Crippen molar-refractivity contribution >= 4 is 23.3 Å². The molecule has 1 N–H and O–H groups in total. The van der Waals surface area contributed by atoms with E-state index < -0.39 is 11.6 Å². The molecule has 0 amide bonds. The predicted octanol–water partition coefficient (Wildman–Crippen LogP) is 3.46. The minimum atomic E-state index is -0.596. The lowest BCUT2D eigenvalue weighted by atomic mass is 10.0. The molecule has 3 nitrogen and oxygen atoms in total. The second kappa shape index (κ2) is 5.26. The summed E-state index contributed by atoms with van der Waals surface area (Å²) in [5, 5.41) is 0. The fraction of sp³-hybridized carbons (Fsp3) is 0.500. The molecule has 6 heteroatoms. The third-order valence-corrected chi connectivity index (χ3v) is 4.44. The number of benzene rings is 1. The van der Waals surface area contributed by atoms with Crippen LogP contribution in [-0.2, 0) is 6.54 Å². The Morgan fingerprint density at radius 2 is 2.15 bits per heavy atom. The largest absolute Gasteiger partial charge is 0.328 e. The number of likely N-dealkylation sites (N-methyl/N-ethyl adjacent to an activating group) is 1. The molecule has 1 aromatic carbocycles. The number of hydrogen-bond donors (Lipinski definition) is 1. The van der Waals surface area contributed by atoms with Crippen LogP contribution in [0, 0.1) is 16.4 Å². The van der Waals surface area contributed by atoms with Gasteiger partial charge in [-0.15, -0.1) is 0 Å². The molecule has 0 spiro atoms. The number of imidazole rings is 1. The third-order valence-electron chi connectivity index (χ3n) is 4.12. The molecule has 108 valence electrons. The summed E-state index contributed by atoms with van der Waals surface area (Å²) < 4.78 is 29.4. The maximum Gasteiger partial charge on any atom is 0.178 e. The first kappa shape index (κ1) is 13.7. The number of nitrogens with zero attached hydrogens (tertiary/aromatic N) is 2. The molecular formula is C14H17F2N3S. The Bertz CT molecular complexity index is 692. The summed E-state index contributed by atoms with van der Waals surface area (Å²) in [6.07, 6.45) is 3.48. The van der Waals surface area contributed by atoms with Crippen molar-refractivity contribution in [1.82, 2.24) is 14.5 Å². The minimum Gasteiger partial charge on any atom is -0.328 e. The van der Waals surface area contributed by atoms with E-state index in [-0.39, 0.29) is 5.52 Å². The first-order valence-electron chi connectivity index (χ1n) is 6.84. The number of halogens is 2. The Kier molecular flexibility index (Phi) is 3.60. The topological polar surface area (TPSA) is 24.0 Å². The smallest absolute Gasteiger partial charge is 0.178 e. The molecule has 20 heavy (non-hydrogen) atoms. The van der Waals surface area contributed by atoms with Gasteiger partial charge in [0.15, 0.2) is 10.6 Å². The van der Waals surface area contributed by atoms with E-state index in [9.17, 15) is 8.78 Å². The summed E-state index contributed by atoms with van der Waals surface area (Å²) in [5.74, 6) is -1.17. The highest BCUT2D eigenvalue weighted by atomic mass is 32.1. The highest BCUT2D eigenvalue weighted by molar-refractivity contribution is 7.71. The van der Waals surface area contributed by atoms with Gasteiger partial charge in [-0.25, -0.2) is 8.78 Å². The van der Waals surface area contributed by atoms with Gasteiger partial charge in [-0.1, -0.05) is 6.42 Å². The van der Waals surface area contributed by atoms with Gasteiger partial charge in [0.1, 0.15) is 11.3 Å². The Morgan fingerprint density at radius 3 is 2.90 bits per heavy atom. The fourth-order valence-electron chi connectivity index (χ4n) is 2.95. The van der Waals surface area contributed by atoms with E-state index in [1.165, 1.54) is 18.9 Å². The van der Waals surface area contributed by atoms with Crippen molar-refractivity contribution in [3.05, 3.63) is 28.5 Å². The van der Waals surface area contributed by atoms with Crippen molar-refractivity contribution in [3.63, 3.8) is 0 Å². The summed E-state index contributed by atoms with van der Waals surface area (Å²) in [6, 6.07) is 2.58. The van der Waals surface area contributed by atoms with Crippen LogP contribution in [0.4, 0.5) is 8.78 Å². The van der Waals surface area contributed by atoms with Crippen molar-refractivity contribution in [2.24, 2.45) is 0 Å². The van der Waals surface area contributed by atoms with Gasteiger partial charge in [0.2, 0.25) is 0 Å². The van der Waals surface area contributed by atoms with E-state index in [1.807, 2.05) is 4.57 Å². The average Bonchev–Trinajstić information content (AvgIpc) is 2.70. The molecule has 0 aliphatic carbocycles. The van der Waals surface area contributed by atoms with Gasteiger partial charge >= 0.3 is 0 Å². The summed E-state index contributed by atoms with van der Waals surface area (Å²) in [7, 11) is 2.09. The summed E-state index contributed by atoms with van der Waals surface area (Å²) in [4.78, 5) is 5.14. The van der Waals surface area contributed by atoms with Gasteiger partial charge in [0.25, 0.3) is 0 Å². The van der Waals surface area contributed by atoms with Gasteiger partial charge < -0.3 is 14.5 Å². The Labute approximate surface area is 121 Å². The van der Waals surface area contributed by atoms with Crippen LogP contribution in [0.1, 0.15) is 19.3 Å². The van der Waals surface area contributed by atoms with Crippen LogP contribution in [0.2, 0.25) is 0 Å². The highest BCUT2D eigenvalue weighted by Crippen LogP contribution is 2.22. The maximum absolute atomic E-state index is 13.8. The van der Waals surface area contributed by atoms with E-state index in [4.69, 9.17) is 12.2 Å². The Morgan fingerprint density at radius 1 is 1.35 bits per heavy atom. The molecule has 1 saturated heterocycles. The van der Waals surface area contributed by atoms with Crippen LogP contribution in [0.15, 0.2) is 12.1 Å². The van der Waals surface area contributed by atoms with Crippen molar-refractivity contribution in [1.29, 1.82) is 0 Å². The molecule has 1 unspecified atom stereocenters. The van der Waals surface area contributed by atoms with Gasteiger partial charge in [0.05, 0.1) is 5.52 Å². The molecule has 3 rings (SSSR count). The molecule has 2 aromatic rings. The number of piperidine rings is 1. The van der Waals surface area contributed by atoms with Crippen LogP contribution >= 0.6 is 12.2 Å². The van der Waals surface area contributed by atoms with E-state index in [2.05, 4.69) is 16.9 Å². The molecule has 1 atom stereocenters. The van der Waals surface area contributed by atoms with Crippen LogP contribution in [-0.4, -0.2) is 34.1 Å². The zero-order chi connectivity index (χ0) is 14.3. The summed E-state index contributed by atoms with van der Waals surface area (Å²) >= 11 is 5.26. The second-order valence-electron chi connectivity index (χ2n) is 5.45. The number of nitrogens with one attached hydrogen (secondary N) is 1. The zero-order valence-electron chi connectivity index (χ0n) is 11.3. The van der Waals surface area contributed by atoms with Crippen molar-refractivity contribution in [3.8, 4) is 0 Å². The second-order valence-corrected chi connectivity index (χ2v) is 5.84. The Hall–Kier alpha value is -1.27. The van der Waals surface area contributed by atoms with Gasteiger partial charge in [-0.2, -0.15) is 0 Å². The monoisotopic (exact) mass is 297 g/mol. The quantitative estimate of drug-likeness (QED) is 0.858. The fourth-order valence-corrected chi connectivity index (χ4v) is 3.22. The van der Waals surface area contributed by atoms with Gasteiger partial charge in [-0.3, -0.25) is 0 Å². The Balaban J connectivity index is 2.02. The van der Waals surface area contributed by atoms with Crippen LogP contribution < -0.4 is 0 Å². The van der Waals surface area contributed by atoms with Crippen molar-refractivity contribution in [2.45, 2.75) is 31.8 Å². The standard InChI is InChI=1S/C14H17F2N3S/c1-18-5-3-2-4-10(18)8-19-12-7-9(15)6-11(16)13(12)17-14(19)20/h6-7,10H,2-5,8H2,1H3,(H,17,20). The molecule has 1 aliphatic heterocycles. The van der Waals surface area contributed by atoms with E-state index in [0.717, 1.165) is 19.0 Å². The highest BCUT2D eigenvalue weighted by Gasteiger charge is 2.21. The summed E-state index contributed by atoms with van der Waals surface area (Å²) in [5.41, 5.74) is 0.793. The minimum absolute atomic E-state index is 0.287. The van der Waals surface area contributed by atoms with Crippen LogP contribution in [0.3, 0.4) is 0 Å². The number of aromatic amines is 1. The van der Waals surface area contributed by atoms with Crippen molar-refractivity contribution in [2.75, 3.05) is 13.6 Å². The lowest BCUT2D eigenvalue weighted by Gasteiger charge is -2.32. The summed E-state index contributed by atoms with van der Waals surface area (Å²) in [6.45, 7) is 1.72. The van der Waals surface area contributed by atoms with E-state index in [1.54, 1.807) is 0 Å². The maximum atomic E-state index is 13.8. The number of rotatable bonds is 2. The number of H-pyrrole nitrogens is 1. The molecule has 1 aliphatic rings. The lowest BCUT2D eigenvalue weighted by Crippen LogP contribution is -2.39. The molecule has 0 radical (unpaired) electrons. The van der Waals surface area contributed by atoms with Crippen LogP contribution in [0.5, 0.6) is 0 Å². The zero-order valence-corrected chi connectivity index (χ0v) is 12.1. The SMILES string of the molecule is CN1CCCCC1Cn1c(=S)[nH]c2c(F)cc(F)cc21. The van der Waals surface area contributed by atoms with E-state index in [0.29, 0.717) is 22.9 Å². The number of likely N-dealkylation sites (tertiary alicyclic amines) is 1. The third kappa shape index (κ3) is 2.38. The molecule has 1 aromatic heterocycles. The average molecular weight is 297 g/mol. The lowest BCUT2D eigenvalue weighted by molar-refractivity contribution is 0.168. The van der Waals surface area contributed by atoms with Gasteiger partial charge in [-0.05, 0) is 44.7 Å². The molecule has 1 fully saturated rings. The molecule has 0 saturated carbocycles. The number of aromatic nitrogens is 2. The molecule has 2 heterocycles. The number of fused-ring (bicyclic) bond motifs is 1. The molecular weight excluding hydrogens is 280 g/mol. The van der Waals surface area contributed by atoms with Crippen molar-refractivity contribution < 1.29 is 8.78 Å². The van der Waals surface area contributed by atoms with Gasteiger partial charge in [0, 0.05) is 18.7 Å². The molecule has 0 bridgehead atoms. The van der Waals surface area contributed by atoms with Crippen LogP contribution in [0.25, 0.3) is 11.0 Å². The normalized spacial score (nSPS) is 20.6. The first-order valence-corrected chi connectivity index (χ1v) is 7.25. The first-order chi connectivity index (χ1) is 9.56. The predicted molar refractivity (Wildman–Crippen MR) is 77.3 cm³/mol.